The summed E-state index contributed by atoms with van der Waals surface area (Å²) in [5.74, 6) is -0.418. The largest absolute Gasteiger partial charge is 0.310 e. The molecular formula is C80H72N2. The number of fused-ring (bicyclic) bond motifs is 14. The molecule has 0 heterocycles. The highest BCUT2D eigenvalue weighted by Crippen LogP contribution is 2.67. The maximum atomic E-state index is 10.2. The minimum absolute atomic E-state index is 0.0305. The third kappa shape index (κ3) is 7.39. The Morgan fingerprint density at radius 3 is 1.10 bits per heavy atom. The molecule has 0 aliphatic heterocycles. The lowest BCUT2D eigenvalue weighted by Gasteiger charge is -2.34. The Kier molecular flexibility index (Phi) is 8.35. The number of hydrogen-bond donors (Lipinski definition) is 0. The van der Waals surface area contributed by atoms with Crippen molar-refractivity contribution in [3.8, 4) is 44.5 Å². The summed E-state index contributed by atoms with van der Waals surface area (Å²) in [6, 6.07) is 43.5. The molecule has 2 heteroatoms. The monoisotopic (exact) mass is 1070 g/mol. The van der Waals surface area contributed by atoms with Gasteiger partial charge in [0.15, 0.2) is 0 Å². The minimum Gasteiger partial charge on any atom is -0.310 e. The fourth-order valence-corrected chi connectivity index (χ4v) is 14.3. The Morgan fingerprint density at radius 2 is 0.720 bits per heavy atom. The lowest BCUT2D eigenvalue weighted by Crippen LogP contribution is -2.20. The first-order valence-electron chi connectivity index (χ1n) is 34.8. The van der Waals surface area contributed by atoms with Gasteiger partial charge in [0.1, 0.15) is 0 Å². The number of benzene rings is 11. The average Bonchev–Trinajstić information content (AvgIpc) is 1.47. The van der Waals surface area contributed by atoms with Crippen molar-refractivity contribution in [2.45, 2.75) is 117 Å². The van der Waals surface area contributed by atoms with Crippen LogP contribution in [0.4, 0.5) is 34.1 Å². The number of anilines is 6. The van der Waals surface area contributed by atoms with E-state index in [-0.39, 0.29) is 92.6 Å². The zero-order valence-corrected chi connectivity index (χ0v) is 48.8. The smallest absolute Gasteiger partial charge is 0.0645 e. The van der Waals surface area contributed by atoms with Crippen LogP contribution in [0.25, 0.3) is 66.1 Å². The van der Waals surface area contributed by atoms with Gasteiger partial charge in [0, 0.05) is 34.3 Å². The Morgan fingerprint density at radius 1 is 0.329 bits per heavy atom. The fourth-order valence-electron chi connectivity index (χ4n) is 14.3. The number of para-hydroxylation sites is 2. The summed E-state index contributed by atoms with van der Waals surface area (Å²) >= 11 is 0. The van der Waals surface area contributed by atoms with Gasteiger partial charge in [-0.2, -0.15) is 0 Å². The van der Waals surface area contributed by atoms with Crippen LogP contribution >= 0.6 is 0 Å². The molecule has 0 spiro atoms. The number of rotatable bonds is 6. The molecule has 82 heavy (non-hydrogen) atoms. The second kappa shape index (κ2) is 17.5. The second-order valence-electron chi connectivity index (χ2n) is 27.1. The van der Waals surface area contributed by atoms with Crippen molar-refractivity contribution in [2.24, 2.45) is 0 Å². The van der Waals surface area contributed by atoms with Gasteiger partial charge in [0.25, 0.3) is 0 Å². The summed E-state index contributed by atoms with van der Waals surface area (Å²) in [5, 5.41) is 0.532. The fraction of sp³-hybridized carbons (Fsp3) is 0.225. The van der Waals surface area contributed by atoms with Gasteiger partial charge in [-0.05, 0) is 193 Å². The molecule has 2 nitrogen and oxygen atoms in total. The predicted octanol–water partition coefficient (Wildman–Crippen LogP) is 22.4. The summed E-state index contributed by atoms with van der Waals surface area (Å²) < 4.78 is 112. The van der Waals surface area contributed by atoms with Crippen molar-refractivity contribution in [3.05, 3.63) is 262 Å². The first-order valence-corrected chi connectivity index (χ1v) is 28.8. The van der Waals surface area contributed by atoms with E-state index in [4.69, 9.17) is 8.22 Å². The maximum Gasteiger partial charge on any atom is 0.0645 e. The van der Waals surface area contributed by atoms with Gasteiger partial charge in [0.05, 0.1) is 39.2 Å². The van der Waals surface area contributed by atoms with Gasteiger partial charge < -0.3 is 9.80 Å². The van der Waals surface area contributed by atoms with Gasteiger partial charge in [-0.25, -0.2) is 0 Å². The lowest BCUT2D eigenvalue weighted by atomic mass is 9.81. The molecule has 15 rings (SSSR count). The van der Waals surface area contributed by atoms with Crippen LogP contribution in [0, 0.1) is 0 Å². The molecular weight excluding hydrogens is 989 g/mol. The Bertz CT molecular complexity index is 4890. The van der Waals surface area contributed by atoms with Gasteiger partial charge >= 0.3 is 0 Å². The summed E-state index contributed by atoms with van der Waals surface area (Å²) in [5.41, 5.74) is 20.6. The van der Waals surface area contributed by atoms with Crippen molar-refractivity contribution in [2.75, 3.05) is 9.80 Å². The summed E-state index contributed by atoms with van der Waals surface area (Å²) in [6.07, 6.45) is 0. The van der Waals surface area contributed by atoms with Crippen LogP contribution < -0.4 is 9.80 Å². The van der Waals surface area contributed by atoms with Crippen LogP contribution in [-0.4, -0.2) is 0 Å². The van der Waals surface area contributed by atoms with Crippen LogP contribution in [0.2, 0.25) is 0 Å². The molecule has 0 N–H and O–H groups in total. The van der Waals surface area contributed by atoms with Crippen molar-refractivity contribution in [1.29, 1.82) is 0 Å². The predicted molar refractivity (Wildman–Crippen MR) is 349 cm³/mol. The van der Waals surface area contributed by atoms with Crippen LogP contribution in [0.15, 0.2) is 206 Å². The Hall–Kier alpha value is -8.46. The molecule has 0 bridgehead atoms. The molecule has 11 aromatic carbocycles. The third-order valence-corrected chi connectivity index (χ3v) is 17.9. The normalized spacial score (nSPS) is 17.4. The SMILES string of the molecule is [2H]c1c([2H])c([2H])c2c(C(C)(C)C)c(N(c3ccccc3)c3ccc4c5c3-c3cc(C(C)(C)C)ccc3C5c3cc5c(cc3-4)C3c4ccc(C(C)(C)C)cc4-c4c(N(c6ccccc6)c6c([2H])c([2H])c7c([2H])c([2H])c([2H])c([2H])c7c6C(C)(C)C)ccc-5c43)c([2H])c([2H])c2c1[2H]. The summed E-state index contributed by atoms with van der Waals surface area (Å²) in [6.45, 7) is 25.4. The molecule has 0 saturated carbocycles. The van der Waals surface area contributed by atoms with Gasteiger partial charge in [-0.15, -0.1) is 0 Å². The van der Waals surface area contributed by atoms with Crippen LogP contribution in [0.1, 0.15) is 167 Å². The number of nitrogens with zero attached hydrogens (tertiary/aromatic N) is 2. The minimum atomic E-state index is -0.790. The number of hydrogen-bond acceptors (Lipinski definition) is 2. The molecule has 402 valence electrons. The van der Waals surface area contributed by atoms with E-state index in [9.17, 15) is 8.22 Å². The van der Waals surface area contributed by atoms with Crippen LogP contribution in [0.3, 0.4) is 0 Å². The maximum absolute atomic E-state index is 10.2. The molecule has 4 aliphatic rings. The van der Waals surface area contributed by atoms with Crippen LogP contribution in [-0.2, 0) is 21.7 Å². The third-order valence-electron chi connectivity index (χ3n) is 17.9. The van der Waals surface area contributed by atoms with Crippen molar-refractivity contribution >= 4 is 55.7 Å². The lowest BCUT2D eigenvalue weighted by molar-refractivity contribution is 0.590. The highest BCUT2D eigenvalue weighted by molar-refractivity contribution is 6.08. The highest BCUT2D eigenvalue weighted by atomic mass is 15.2. The standard InChI is InChI=1S/C80H72N2/c1-77(2,3)49-33-35-57-61(43-49)71-65(81(51-25-15-13-16-26-51)67-39-31-47-23-19-21-29-53(47)75(67)79(7,8)9)41-37-55-59-46-64-60(45-63(59)69(57)73(55)71)56-38-42-66(72-62-44-50(78(4,5)6)34-36-58(62)70(64)74(56)72)82(52-27-17-14-18-28-52)68-40-32-48-24-20-22-30-54(48)76(68)80(10,11)12/h13-46,69-70H,1-12H3/i19D,20D,21D,22D,23D,24D,29D,30D,31D,32D,39D,40D. The van der Waals surface area contributed by atoms with E-state index >= 15 is 0 Å². The molecule has 4 aliphatic carbocycles. The second-order valence-corrected chi connectivity index (χ2v) is 27.1. The van der Waals surface area contributed by atoms with E-state index in [2.05, 4.69) is 124 Å². The quantitative estimate of drug-likeness (QED) is 0.164. The zero-order chi connectivity index (χ0) is 67.0. The van der Waals surface area contributed by atoms with E-state index in [1.165, 1.54) is 0 Å². The summed E-state index contributed by atoms with van der Waals surface area (Å²) in [7, 11) is 0. The molecule has 0 radical (unpaired) electrons. The van der Waals surface area contributed by atoms with Gasteiger partial charge in [-0.3, -0.25) is 0 Å². The van der Waals surface area contributed by atoms with Gasteiger partial charge in [0.2, 0.25) is 0 Å². The zero-order valence-electron chi connectivity index (χ0n) is 60.8. The molecule has 0 amide bonds. The van der Waals surface area contributed by atoms with E-state index in [1.54, 1.807) is 0 Å². The van der Waals surface area contributed by atoms with E-state index in [0.29, 0.717) is 22.5 Å². The molecule has 11 aromatic rings. The van der Waals surface area contributed by atoms with E-state index < -0.39 is 35.0 Å². The first kappa shape index (κ1) is 39.1. The Labute approximate surface area is 502 Å². The highest BCUT2D eigenvalue weighted by Gasteiger charge is 2.47. The van der Waals surface area contributed by atoms with Crippen molar-refractivity contribution < 1.29 is 16.4 Å². The average molecular weight is 1070 g/mol. The van der Waals surface area contributed by atoms with Gasteiger partial charge in [-0.1, -0.05) is 228 Å². The summed E-state index contributed by atoms with van der Waals surface area (Å²) in [4.78, 5) is 4.17. The van der Waals surface area contributed by atoms with Crippen molar-refractivity contribution in [3.63, 3.8) is 0 Å². The molecule has 0 saturated heterocycles. The van der Waals surface area contributed by atoms with Crippen molar-refractivity contribution in [1.82, 2.24) is 0 Å². The topological polar surface area (TPSA) is 6.48 Å². The molecule has 0 aromatic heterocycles. The van der Waals surface area contributed by atoms with Crippen LogP contribution in [0.5, 0.6) is 0 Å². The van der Waals surface area contributed by atoms with E-state index in [0.717, 1.165) is 112 Å². The molecule has 2 atom stereocenters. The molecule has 0 fully saturated rings. The van der Waals surface area contributed by atoms with E-state index in [1.807, 2.05) is 102 Å². The molecule has 2 unspecified atom stereocenters. The Balaban J connectivity index is 1.00. The first-order chi connectivity index (χ1) is 44.2.